The lowest BCUT2D eigenvalue weighted by atomic mass is 10.2. The van der Waals surface area contributed by atoms with Crippen molar-refractivity contribution in [3.8, 4) is 17.2 Å². The first-order valence-electron chi connectivity index (χ1n) is 9.71. The van der Waals surface area contributed by atoms with E-state index in [1.54, 1.807) is 0 Å². The SMILES string of the molecule is Cc1[nH]n2nc(CCNS(C)(=O)=O)nc2c1Oc1ccc(OCc2ccccc2)cc1. The van der Waals surface area contributed by atoms with Crippen molar-refractivity contribution in [1.82, 2.24) is 24.5 Å². The van der Waals surface area contributed by atoms with Crippen LogP contribution in [0.4, 0.5) is 0 Å². The zero-order chi connectivity index (χ0) is 21.8. The average Bonchev–Trinajstić information content (AvgIpc) is 3.25. The van der Waals surface area contributed by atoms with E-state index >= 15 is 0 Å². The second-order valence-electron chi connectivity index (χ2n) is 7.09. The number of nitrogens with zero attached hydrogens (tertiary/aromatic N) is 3. The van der Waals surface area contributed by atoms with Crippen molar-refractivity contribution in [3.63, 3.8) is 0 Å². The maximum absolute atomic E-state index is 11.2. The van der Waals surface area contributed by atoms with Crippen molar-refractivity contribution >= 4 is 15.7 Å². The van der Waals surface area contributed by atoms with Gasteiger partial charge in [-0.2, -0.15) is 0 Å². The number of ether oxygens (including phenoxy) is 2. The first-order valence-corrected chi connectivity index (χ1v) is 11.6. The van der Waals surface area contributed by atoms with Gasteiger partial charge in [0.15, 0.2) is 11.6 Å². The fourth-order valence-electron chi connectivity index (χ4n) is 3.00. The molecule has 0 amide bonds. The van der Waals surface area contributed by atoms with Crippen molar-refractivity contribution < 1.29 is 17.9 Å². The average molecular weight is 442 g/mol. The van der Waals surface area contributed by atoms with E-state index in [1.165, 1.54) is 4.63 Å². The predicted molar refractivity (Wildman–Crippen MR) is 116 cm³/mol. The molecule has 162 valence electrons. The molecule has 10 heteroatoms. The second kappa shape index (κ2) is 8.78. The first kappa shape index (κ1) is 20.9. The molecule has 0 aliphatic heterocycles. The normalized spacial score (nSPS) is 11.7. The summed E-state index contributed by atoms with van der Waals surface area (Å²) in [5, 5.41) is 7.42. The molecule has 9 nitrogen and oxygen atoms in total. The molecular weight excluding hydrogens is 418 g/mol. The third-order valence-electron chi connectivity index (χ3n) is 4.47. The first-order chi connectivity index (χ1) is 14.9. The van der Waals surface area contributed by atoms with Gasteiger partial charge in [0.2, 0.25) is 15.7 Å². The number of benzene rings is 2. The molecule has 0 saturated carbocycles. The van der Waals surface area contributed by atoms with Gasteiger partial charge < -0.3 is 9.47 Å². The summed E-state index contributed by atoms with van der Waals surface area (Å²) in [6.45, 7) is 2.59. The summed E-state index contributed by atoms with van der Waals surface area (Å²) < 4.78 is 38.2. The molecule has 2 heterocycles. The number of aromatic nitrogens is 4. The van der Waals surface area contributed by atoms with Gasteiger partial charge in [-0.15, -0.1) is 9.73 Å². The highest BCUT2D eigenvalue weighted by Gasteiger charge is 2.16. The Morgan fingerprint density at radius 1 is 1.06 bits per heavy atom. The lowest BCUT2D eigenvalue weighted by Crippen LogP contribution is -2.24. The number of hydrogen-bond acceptors (Lipinski definition) is 6. The van der Waals surface area contributed by atoms with E-state index in [9.17, 15) is 8.42 Å². The van der Waals surface area contributed by atoms with Crippen molar-refractivity contribution in [3.05, 3.63) is 71.7 Å². The predicted octanol–water partition coefficient (Wildman–Crippen LogP) is 2.83. The van der Waals surface area contributed by atoms with Crippen LogP contribution in [0.5, 0.6) is 17.2 Å². The van der Waals surface area contributed by atoms with Crippen LogP contribution in [0.1, 0.15) is 17.1 Å². The summed E-state index contributed by atoms with van der Waals surface area (Å²) in [5.41, 5.74) is 2.42. The van der Waals surface area contributed by atoms with E-state index in [0.29, 0.717) is 36.0 Å². The monoisotopic (exact) mass is 441 g/mol. The molecule has 2 aromatic heterocycles. The Labute approximate surface area is 180 Å². The summed E-state index contributed by atoms with van der Waals surface area (Å²) in [6.07, 6.45) is 1.49. The minimum Gasteiger partial charge on any atom is -0.489 e. The quantitative estimate of drug-likeness (QED) is 0.413. The zero-order valence-electron chi connectivity index (χ0n) is 17.2. The lowest BCUT2D eigenvalue weighted by Gasteiger charge is -2.08. The van der Waals surface area contributed by atoms with Crippen molar-refractivity contribution in [2.24, 2.45) is 0 Å². The van der Waals surface area contributed by atoms with Crippen LogP contribution in [-0.4, -0.2) is 41.0 Å². The maximum Gasteiger partial charge on any atom is 0.218 e. The van der Waals surface area contributed by atoms with Gasteiger partial charge >= 0.3 is 0 Å². The number of H-pyrrole nitrogens is 1. The van der Waals surface area contributed by atoms with Crippen LogP contribution in [-0.2, 0) is 23.1 Å². The number of aryl methyl sites for hydroxylation is 1. The van der Waals surface area contributed by atoms with Crippen LogP contribution in [0.15, 0.2) is 54.6 Å². The van der Waals surface area contributed by atoms with Crippen LogP contribution in [0, 0.1) is 6.92 Å². The molecule has 0 bridgehead atoms. The molecule has 0 saturated heterocycles. The lowest BCUT2D eigenvalue weighted by molar-refractivity contribution is 0.306. The summed E-state index contributed by atoms with van der Waals surface area (Å²) in [5.74, 6) is 2.46. The third kappa shape index (κ3) is 5.41. The molecule has 0 atom stereocenters. The number of hydrogen-bond donors (Lipinski definition) is 2. The number of fused-ring (bicyclic) bond motifs is 1. The molecule has 0 unspecified atom stereocenters. The number of rotatable bonds is 9. The smallest absolute Gasteiger partial charge is 0.218 e. The van der Waals surface area contributed by atoms with Gasteiger partial charge in [0, 0.05) is 13.0 Å². The number of nitrogens with one attached hydrogen (secondary N) is 2. The molecule has 0 aliphatic carbocycles. The molecule has 0 spiro atoms. The van der Waals surface area contributed by atoms with E-state index in [1.807, 2.05) is 61.5 Å². The summed E-state index contributed by atoms with van der Waals surface area (Å²) in [6, 6.07) is 17.3. The highest BCUT2D eigenvalue weighted by molar-refractivity contribution is 7.88. The molecule has 31 heavy (non-hydrogen) atoms. The Balaban J connectivity index is 1.42. The zero-order valence-corrected chi connectivity index (χ0v) is 18.0. The van der Waals surface area contributed by atoms with E-state index in [2.05, 4.69) is 19.9 Å². The van der Waals surface area contributed by atoms with E-state index in [4.69, 9.17) is 9.47 Å². The molecule has 4 rings (SSSR count). The largest absolute Gasteiger partial charge is 0.489 e. The van der Waals surface area contributed by atoms with Gasteiger partial charge in [-0.3, -0.25) is 5.10 Å². The standard InChI is InChI=1S/C21H23N5O4S/c1-15-20(21-23-19(25-26(21)24-15)12-13-22-31(2,27)28)30-18-10-8-17(9-11-18)29-14-16-6-4-3-5-7-16/h3-11,22,24H,12-14H2,1-2H3. The fraction of sp³-hybridized carbons (Fsp3) is 0.238. The van der Waals surface area contributed by atoms with Gasteiger partial charge in [0.1, 0.15) is 18.1 Å². The van der Waals surface area contributed by atoms with Crippen LogP contribution in [0.25, 0.3) is 5.65 Å². The Morgan fingerprint density at radius 2 is 1.77 bits per heavy atom. The molecule has 4 aromatic rings. The minimum atomic E-state index is -3.25. The molecule has 2 aromatic carbocycles. The molecule has 0 radical (unpaired) electrons. The summed E-state index contributed by atoms with van der Waals surface area (Å²) in [4.78, 5) is 4.47. The fourth-order valence-corrected chi connectivity index (χ4v) is 3.47. The second-order valence-corrected chi connectivity index (χ2v) is 8.93. The van der Waals surface area contributed by atoms with Crippen molar-refractivity contribution in [1.29, 1.82) is 0 Å². The van der Waals surface area contributed by atoms with Gasteiger partial charge in [-0.25, -0.2) is 18.1 Å². The van der Waals surface area contributed by atoms with E-state index in [-0.39, 0.29) is 6.54 Å². The van der Waals surface area contributed by atoms with Gasteiger partial charge in [-0.1, -0.05) is 30.3 Å². The van der Waals surface area contributed by atoms with Gasteiger partial charge in [0.05, 0.1) is 11.9 Å². The van der Waals surface area contributed by atoms with E-state index < -0.39 is 10.0 Å². The maximum atomic E-state index is 11.2. The summed E-state index contributed by atoms with van der Waals surface area (Å²) in [7, 11) is -3.25. The Hall–Kier alpha value is -3.37. The van der Waals surface area contributed by atoms with Crippen LogP contribution < -0.4 is 14.2 Å². The molecule has 2 N–H and O–H groups in total. The highest BCUT2D eigenvalue weighted by Crippen LogP contribution is 2.29. The van der Waals surface area contributed by atoms with E-state index in [0.717, 1.165) is 23.3 Å². The van der Waals surface area contributed by atoms with Crippen LogP contribution in [0.2, 0.25) is 0 Å². The molecule has 0 aliphatic rings. The summed E-state index contributed by atoms with van der Waals surface area (Å²) >= 11 is 0. The highest BCUT2D eigenvalue weighted by atomic mass is 32.2. The Morgan fingerprint density at radius 3 is 2.48 bits per heavy atom. The number of sulfonamides is 1. The van der Waals surface area contributed by atoms with Crippen LogP contribution in [0.3, 0.4) is 0 Å². The molecular formula is C21H23N5O4S. The Kier molecular flexibility index (Phi) is 5.92. The van der Waals surface area contributed by atoms with Crippen LogP contribution >= 0.6 is 0 Å². The topological polar surface area (TPSA) is 111 Å². The number of aromatic amines is 1. The molecule has 0 fully saturated rings. The van der Waals surface area contributed by atoms with Gasteiger partial charge in [-0.05, 0) is 36.8 Å². The minimum absolute atomic E-state index is 0.228. The Bertz CT molecular complexity index is 1260. The van der Waals surface area contributed by atoms with Gasteiger partial charge in [0.25, 0.3) is 0 Å². The van der Waals surface area contributed by atoms with Crippen molar-refractivity contribution in [2.45, 2.75) is 20.0 Å². The van der Waals surface area contributed by atoms with Crippen molar-refractivity contribution in [2.75, 3.05) is 12.8 Å². The third-order valence-corrected chi connectivity index (χ3v) is 5.20.